The summed E-state index contributed by atoms with van der Waals surface area (Å²) in [4.78, 5) is 3.49. The summed E-state index contributed by atoms with van der Waals surface area (Å²) in [5.41, 5.74) is 4.65. The van der Waals surface area contributed by atoms with Crippen LogP contribution in [-0.2, 0) is 6.54 Å². The predicted molar refractivity (Wildman–Crippen MR) is 44.7 cm³/mol. The maximum absolute atomic E-state index is 12.9. The number of nitrogens with two attached hydrogens (primary N) is 1. The highest BCUT2D eigenvalue weighted by molar-refractivity contribution is 9.10. The Morgan fingerprint density at radius 3 is 2.62 bits per heavy atom. The quantitative estimate of drug-likeness (QED) is 0.881. The first-order valence-corrected chi connectivity index (χ1v) is 4.18. The molecule has 0 aliphatic heterocycles. The molecule has 1 aromatic rings. The summed E-state index contributed by atoms with van der Waals surface area (Å²) in [6.07, 6.45) is -2.81. The van der Waals surface area contributed by atoms with Gasteiger partial charge in [-0.25, -0.2) is 18.2 Å². The van der Waals surface area contributed by atoms with Gasteiger partial charge in [-0.1, -0.05) is 0 Å². The third kappa shape index (κ3) is 2.19. The minimum atomic E-state index is -2.81. The maximum atomic E-state index is 12.9. The van der Waals surface area contributed by atoms with Gasteiger partial charge in [0, 0.05) is 6.54 Å². The SMILES string of the molecule is NCc1cc(F)c(Br)c(C(F)F)n1. The largest absolute Gasteiger partial charge is 0.325 e. The Morgan fingerprint density at radius 1 is 1.54 bits per heavy atom. The first-order valence-electron chi connectivity index (χ1n) is 3.39. The molecule has 0 atom stereocenters. The van der Waals surface area contributed by atoms with Crippen molar-refractivity contribution in [3.05, 3.63) is 27.7 Å². The lowest BCUT2D eigenvalue weighted by Crippen LogP contribution is -2.05. The molecule has 13 heavy (non-hydrogen) atoms. The van der Waals surface area contributed by atoms with Crippen LogP contribution < -0.4 is 5.73 Å². The van der Waals surface area contributed by atoms with E-state index in [2.05, 4.69) is 20.9 Å². The number of alkyl halides is 2. The summed E-state index contributed by atoms with van der Waals surface area (Å²) < 4.78 is 37.1. The minimum absolute atomic E-state index is 0.0656. The molecular weight excluding hydrogens is 249 g/mol. The van der Waals surface area contributed by atoms with E-state index in [1.54, 1.807) is 0 Å². The van der Waals surface area contributed by atoms with Crippen LogP contribution in [-0.4, -0.2) is 4.98 Å². The second-order valence-corrected chi connectivity index (χ2v) is 3.09. The van der Waals surface area contributed by atoms with E-state index in [9.17, 15) is 13.2 Å². The van der Waals surface area contributed by atoms with E-state index < -0.39 is 17.9 Å². The van der Waals surface area contributed by atoms with Gasteiger partial charge in [0.05, 0.1) is 10.2 Å². The number of aromatic nitrogens is 1. The molecule has 0 spiro atoms. The molecule has 0 fully saturated rings. The molecule has 1 heterocycles. The van der Waals surface area contributed by atoms with E-state index in [0.717, 1.165) is 6.07 Å². The third-order valence-corrected chi connectivity index (χ3v) is 2.19. The zero-order valence-corrected chi connectivity index (χ0v) is 7.98. The average molecular weight is 255 g/mol. The monoisotopic (exact) mass is 254 g/mol. The molecule has 1 aromatic heterocycles. The van der Waals surface area contributed by atoms with E-state index in [4.69, 9.17) is 5.73 Å². The van der Waals surface area contributed by atoms with Crippen molar-refractivity contribution < 1.29 is 13.2 Å². The fourth-order valence-corrected chi connectivity index (χ4v) is 1.19. The summed E-state index contributed by atoms with van der Waals surface area (Å²) in [7, 11) is 0. The van der Waals surface area contributed by atoms with Crippen molar-refractivity contribution in [3.63, 3.8) is 0 Å². The van der Waals surface area contributed by atoms with Crippen LogP contribution in [0.15, 0.2) is 10.5 Å². The van der Waals surface area contributed by atoms with Gasteiger partial charge in [-0.15, -0.1) is 0 Å². The van der Waals surface area contributed by atoms with Gasteiger partial charge in [0.15, 0.2) is 0 Å². The predicted octanol–water partition coefficient (Wildman–Crippen LogP) is 2.38. The van der Waals surface area contributed by atoms with Crippen LogP contribution in [0.1, 0.15) is 17.8 Å². The zero-order chi connectivity index (χ0) is 10.0. The fraction of sp³-hybridized carbons (Fsp3) is 0.286. The number of hydrogen-bond acceptors (Lipinski definition) is 2. The van der Waals surface area contributed by atoms with Crippen molar-refractivity contribution >= 4 is 15.9 Å². The molecule has 6 heteroatoms. The maximum Gasteiger partial charge on any atom is 0.281 e. The Morgan fingerprint density at radius 2 is 2.15 bits per heavy atom. The summed E-state index contributed by atoms with van der Waals surface area (Å²) in [5.74, 6) is -0.772. The van der Waals surface area contributed by atoms with Crippen molar-refractivity contribution in [2.24, 2.45) is 5.73 Å². The van der Waals surface area contributed by atoms with Crippen LogP contribution in [0.2, 0.25) is 0 Å². The number of rotatable bonds is 2. The first-order chi connectivity index (χ1) is 6.06. The number of halogens is 4. The highest BCUT2D eigenvalue weighted by Crippen LogP contribution is 2.27. The van der Waals surface area contributed by atoms with Crippen molar-refractivity contribution in [3.8, 4) is 0 Å². The molecule has 1 rings (SSSR count). The number of hydrogen-bond donors (Lipinski definition) is 1. The Kier molecular flexibility index (Phi) is 3.27. The molecule has 2 N–H and O–H groups in total. The molecule has 0 saturated carbocycles. The number of pyridine rings is 1. The van der Waals surface area contributed by atoms with Crippen LogP contribution in [0.25, 0.3) is 0 Å². The summed E-state index contributed by atoms with van der Waals surface area (Å²) in [6, 6.07) is 1.02. The molecule has 0 bridgehead atoms. The molecule has 0 unspecified atom stereocenters. The van der Waals surface area contributed by atoms with E-state index in [-0.39, 0.29) is 16.7 Å². The summed E-state index contributed by atoms with van der Waals surface area (Å²) >= 11 is 2.69. The van der Waals surface area contributed by atoms with Crippen LogP contribution in [0, 0.1) is 5.82 Å². The Balaban J connectivity index is 3.25. The van der Waals surface area contributed by atoms with E-state index in [1.807, 2.05) is 0 Å². The second-order valence-electron chi connectivity index (χ2n) is 2.30. The van der Waals surface area contributed by atoms with Crippen LogP contribution >= 0.6 is 15.9 Å². The standard InChI is InChI=1S/C7H6BrF3N2/c8-5-4(9)1-3(2-12)13-6(5)7(10)11/h1,7H,2,12H2. The summed E-state index contributed by atoms with van der Waals surface area (Å²) in [6.45, 7) is -0.0656. The van der Waals surface area contributed by atoms with Crippen LogP contribution in [0.4, 0.5) is 13.2 Å². The lowest BCUT2D eigenvalue weighted by molar-refractivity contribution is 0.144. The van der Waals surface area contributed by atoms with Gasteiger partial charge in [0.2, 0.25) is 0 Å². The van der Waals surface area contributed by atoms with Crippen LogP contribution in [0.3, 0.4) is 0 Å². The van der Waals surface area contributed by atoms with Gasteiger partial charge in [-0.3, -0.25) is 0 Å². The average Bonchev–Trinajstić information content (AvgIpc) is 2.09. The molecule has 72 valence electrons. The van der Waals surface area contributed by atoms with Crippen molar-refractivity contribution in [1.82, 2.24) is 4.98 Å². The topological polar surface area (TPSA) is 38.9 Å². The Hall–Kier alpha value is -0.620. The lowest BCUT2D eigenvalue weighted by atomic mass is 10.3. The molecular formula is C7H6BrF3N2. The van der Waals surface area contributed by atoms with Gasteiger partial charge < -0.3 is 5.73 Å². The van der Waals surface area contributed by atoms with Crippen LogP contribution in [0.5, 0.6) is 0 Å². The smallest absolute Gasteiger partial charge is 0.281 e. The van der Waals surface area contributed by atoms with Gasteiger partial charge in [-0.05, 0) is 22.0 Å². The van der Waals surface area contributed by atoms with Gasteiger partial charge in [0.25, 0.3) is 6.43 Å². The molecule has 0 radical (unpaired) electrons. The first kappa shape index (κ1) is 10.5. The van der Waals surface area contributed by atoms with Crippen molar-refractivity contribution in [2.75, 3.05) is 0 Å². The van der Waals surface area contributed by atoms with Gasteiger partial charge >= 0.3 is 0 Å². The Labute approximate surface area is 81.1 Å². The molecule has 0 aliphatic rings. The minimum Gasteiger partial charge on any atom is -0.325 e. The highest BCUT2D eigenvalue weighted by atomic mass is 79.9. The molecule has 0 saturated heterocycles. The summed E-state index contributed by atoms with van der Waals surface area (Å²) in [5, 5.41) is 0. The van der Waals surface area contributed by atoms with Crippen molar-refractivity contribution in [2.45, 2.75) is 13.0 Å². The molecule has 2 nitrogen and oxygen atoms in total. The third-order valence-electron chi connectivity index (χ3n) is 1.41. The molecule has 0 aromatic carbocycles. The van der Waals surface area contributed by atoms with Gasteiger partial charge in [0.1, 0.15) is 11.5 Å². The van der Waals surface area contributed by atoms with E-state index >= 15 is 0 Å². The van der Waals surface area contributed by atoms with Gasteiger partial charge in [-0.2, -0.15) is 0 Å². The highest BCUT2D eigenvalue weighted by Gasteiger charge is 2.17. The zero-order valence-electron chi connectivity index (χ0n) is 6.40. The fourth-order valence-electron chi connectivity index (χ4n) is 0.817. The molecule has 0 aliphatic carbocycles. The van der Waals surface area contributed by atoms with E-state index in [1.165, 1.54) is 0 Å². The van der Waals surface area contributed by atoms with Crippen molar-refractivity contribution in [1.29, 1.82) is 0 Å². The molecule has 0 amide bonds. The van der Waals surface area contributed by atoms with E-state index in [0.29, 0.717) is 0 Å². The lowest BCUT2D eigenvalue weighted by Gasteiger charge is -2.05. The number of nitrogens with zero attached hydrogens (tertiary/aromatic N) is 1. The second kappa shape index (κ2) is 4.06. The Bertz CT molecular complexity index is 317. The normalized spacial score (nSPS) is 10.9.